The molecule has 47 heavy (non-hydrogen) atoms. The third-order valence-corrected chi connectivity index (χ3v) is 9.23. The van der Waals surface area contributed by atoms with Crippen molar-refractivity contribution in [1.29, 1.82) is 0 Å². The van der Waals surface area contributed by atoms with Gasteiger partial charge in [0.05, 0.1) is 42.9 Å². The molecule has 1 heterocycles. The Morgan fingerprint density at radius 1 is 0.851 bits per heavy atom. The summed E-state index contributed by atoms with van der Waals surface area (Å²) in [6.45, 7) is 1.45. The number of hydrogen-bond donors (Lipinski definition) is 1. The molecule has 4 unspecified atom stereocenters. The van der Waals surface area contributed by atoms with E-state index in [-0.39, 0.29) is 58.4 Å². The third kappa shape index (κ3) is 5.01. The van der Waals surface area contributed by atoms with Gasteiger partial charge in [-0.1, -0.05) is 11.6 Å². The second kappa shape index (κ2) is 10.8. The maximum Gasteiger partial charge on any atom is 0.416 e. The number of benzene rings is 2. The van der Waals surface area contributed by atoms with Crippen molar-refractivity contribution >= 4 is 29.1 Å². The van der Waals surface area contributed by atoms with Gasteiger partial charge in [-0.05, 0) is 50.0 Å². The smallest absolute Gasteiger partial charge is 0.416 e. The first-order valence-electron chi connectivity index (χ1n) is 14.3. The standard InChI is InChI=1S/C33H25F6NO7/c1-13-6-22(41)21-12-20-18(26(27(21)29(13)43)28-23(42)10-17(46-2)11-24(28)47-3)4-5-19-25(20)31(45)40(30(19)44)16-8-14(32(34,35)36)7-15(9-16)33(37,38)39/h4,6-11,19-20,25-26,42H,5,12H2,1-3H3. The highest BCUT2D eigenvalue weighted by atomic mass is 19.4. The van der Waals surface area contributed by atoms with E-state index in [1.165, 1.54) is 33.3 Å². The molecule has 2 aromatic carbocycles. The predicted octanol–water partition coefficient (Wildman–Crippen LogP) is 6.08. The van der Waals surface area contributed by atoms with Gasteiger partial charge in [0.2, 0.25) is 11.8 Å². The van der Waals surface area contributed by atoms with Crippen LogP contribution in [0.4, 0.5) is 32.0 Å². The number of ether oxygens (including phenoxy) is 2. The number of alkyl halides is 6. The number of fused-ring (bicyclic) bond motifs is 3. The van der Waals surface area contributed by atoms with Crippen LogP contribution in [0.5, 0.6) is 17.2 Å². The number of nitrogens with zero attached hydrogens (tertiary/aromatic N) is 1. The van der Waals surface area contributed by atoms with Gasteiger partial charge in [-0.3, -0.25) is 19.2 Å². The molecule has 2 aromatic rings. The maximum absolute atomic E-state index is 14.0. The largest absolute Gasteiger partial charge is 0.507 e. The Labute approximate surface area is 262 Å². The van der Waals surface area contributed by atoms with Gasteiger partial charge >= 0.3 is 12.4 Å². The summed E-state index contributed by atoms with van der Waals surface area (Å²) < 4.78 is 92.7. The molecule has 6 rings (SSSR count). The number of aromatic hydroxyl groups is 1. The fraction of sp³-hybridized carbons (Fsp3) is 0.333. The minimum Gasteiger partial charge on any atom is -0.507 e. The lowest BCUT2D eigenvalue weighted by atomic mass is 9.59. The van der Waals surface area contributed by atoms with Crippen LogP contribution < -0.4 is 14.4 Å². The fourth-order valence-electron chi connectivity index (χ4n) is 7.18. The summed E-state index contributed by atoms with van der Waals surface area (Å²) in [6.07, 6.45) is -8.10. The van der Waals surface area contributed by atoms with Crippen LogP contribution >= 0.6 is 0 Å². The van der Waals surface area contributed by atoms with E-state index in [0.29, 0.717) is 22.6 Å². The van der Waals surface area contributed by atoms with Crippen molar-refractivity contribution in [3.05, 3.63) is 81.5 Å². The lowest BCUT2D eigenvalue weighted by Gasteiger charge is -2.42. The second-order valence-corrected chi connectivity index (χ2v) is 11.8. The van der Waals surface area contributed by atoms with Gasteiger partial charge < -0.3 is 14.6 Å². The fourth-order valence-corrected chi connectivity index (χ4v) is 7.18. The molecule has 0 radical (unpaired) electrons. The van der Waals surface area contributed by atoms with Crippen molar-refractivity contribution in [2.75, 3.05) is 19.1 Å². The first-order valence-corrected chi connectivity index (χ1v) is 14.3. The molecule has 0 bridgehead atoms. The SMILES string of the molecule is COc1cc(O)c(C2C3=CCC4C(=O)N(c5cc(C(F)(F)F)cc(C(F)(F)F)c5)C(=O)C4C3CC3=C2C(=O)C(C)=CC3=O)c(OC)c1. The van der Waals surface area contributed by atoms with Crippen LogP contribution in [0.15, 0.2) is 64.8 Å². The Bertz CT molecular complexity index is 1840. The average molecular weight is 662 g/mol. The number of Topliss-reactive ketones (excluding diaryl/α,β-unsaturated/α-hetero) is 1. The van der Waals surface area contributed by atoms with Crippen LogP contribution in [0.1, 0.15) is 42.4 Å². The number of ketones is 2. The Balaban J connectivity index is 1.51. The number of methoxy groups -OCH3 is 2. The van der Waals surface area contributed by atoms with Crippen LogP contribution in [-0.2, 0) is 31.5 Å². The summed E-state index contributed by atoms with van der Waals surface area (Å²) in [7, 11) is 2.65. The van der Waals surface area contributed by atoms with Crippen molar-refractivity contribution < 1.29 is 60.1 Å². The van der Waals surface area contributed by atoms with Gasteiger partial charge in [-0.25, -0.2) is 4.90 Å². The number of carbonyl (C=O) groups is 4. The van der Waals surface area contributed by atoms with E-state index in [9.17, 15) is 50.6 Å². The van der Waals surface area contributed by atoms with Gasteiger partial charge in [-0.2, -0.15) is 26.3 Å². The van der Waals surface area contributed by atoms with Gasteiger partial charge in [0, 0.05) is 40.3 Å². The van der Waals surface area contributed by atoms with Crippen LogP contribution in [0.25, 0.3) is 0 Å². The number of hydrogen-bond acceptors (Lipinski definition) is 7. The zero-order chi connectivity index (χ0) is 34.3. The van der Waals surface area contributed by atoms with Crippen molar-refractivity contribution in [3.8, 4) is 17.2 Å². The summed E-state index contributed by atoms with van der Waals surface area (Å²) in [6, 6.07) is 3.25. The Morgan fingerprint density at radius 2 is 1.49 bits per heavy atom. The number of halogens is 6. The zero-order valence-corrected chi connectivity index (χ0v) is 24.9. The number of rotatable bonds is 4. The van der Waals surface area contributed by atoms with Gasteiger partial charge in [0.15, 0.2) is 11.6 Å². The molecule has 4 aliphatic rings. The van der Waals surface area contributed by atoms with E-state index >= 15 is 0 Å². The molecule has 2 amide bonds. The van der Waals surface area contributed by atoms with E-state index in [1.54, 1.807) is 6.08 Å². The van der Waals surface area contributed by atoms with Crippen molar-refractivity contribution in [1.82, 2.24) is 0 Å². The molecule has 1 fully saturated rings. The van der Waals surface area contributed by atoms with Crippen LogP contribution in [0.3, 0.4) is 0 Å². The molecule has 0 saturated carbocycles. The van der Waals surface area contributed by atoms with E-state index < -0.39 is 76.2 Å². The van der Waals surface area contributed by atoms with Crippen LogP contribution in [0, 0.1) is 17.8 Å². The summed E-state index contributed by atoms with van der Waals surface area (Å²) in [4.78, 5) is 55.1. The maximum atomic E-state index is 14.0. The first-order chi connectivity index (χ1) is 22.0. The van der Waals surface area contributed by atoms with Crippen molar-refractivity contribution in [2.24, 2.45) is 17.8 Å². The monoisotopic (exact) mass is 661 g/mol. The molecule has 1 saturated heterocycles. The van der Waals surface area contributed by atoms with Crippen LogP contribution in [-0.4, -0.2) is 42.7 Å². The summed E-state index contributed by atoms with van der Waals surface area (Å²) in [5.74, 6) is -7.78. The molecule has 8 nitrogen and oxygen atoms in total. The average Bonchev–Trinajstić information content (AvgIpc) is 3.26. The van der Waals surface area contributed by atoms with Crippen molar-refractivity contribution in [3.63, 3.8) is 0 Å². The van der Waals surface area contributed by atoms with Gasteiger partial charge in [-0.15, -0.1) is 0 Å². The Hall–Kier alpha value is -4.88. The molecule has 1 aliphatic heterocycles. The van der Waals surface area contributed by atoms with E-state index in [0.717, 1.165) is 6.08 Å². The van der Waals surface area contributed by atoms with E-state index in [1.807, 2.05) is 0 Å². The minimum atomic E-state index is -5.22. The Morgan fingerprint density at radius 3 is 2.06 bits per heavy atom. The number of carbonyl (C=O) groups excluding carboxylic acids is 4. The molecule has 3 aliphatic carbocycles. The number of imide groups is 1. The summed E-state index contributed by atoms with van der Waals surface area (Å²) in [5.41, 5.74) is -3.64. The highest BCUT2D eigenvalue weighted by molar-refractivity contribution is 6.25. The van der Waals surface area contributed by atoms with E-state index in [2.05, 4.69) is 0 Å². The molecular weight excluding hydrogens is 636 g/mol. The normalized spacial score (nSPS) is 24.5. The molecule has 0 spiro atoms. The summed E-state index contributed by atoms with van der Waals surface area (Å²) in [5, 5.41) is 11.2. The number of allylic oxidation sites excluding steroid dienone is 6. The summed E-state index contributed by atoms with van der Waals surface area (Å²) >= 11 is 0. The first kappa shape index (κ1) is 32.1. The highest BCUT2D eigenvalue weighted by Crippen LogP contribution is 2.58. The topological polar surface area (TPSA) is 110 Å². The molecule has 1 N–H and O–H groups in total. The number of phenolic OH excluding ortho intramolecular Hbond substituents is 1. The number of amides is 2. The Kier molecular flexibility index (Phi) is 7.40. The molecule has 4 atom stereocenters. The quantitative estimate of drug-likeness (QED) is 0.183. The third-order valence-electron chi connectivity index (χ3n) is 9.23. The lowest BCUT2D eigenvalue weighted by Crippen LogP contribution is -2.40. The molecular formula is C33H25F6NO7. The number of anilines is 1. The minimum absolute atomic E-state index is 0.0165. The molecule has 14 heteroatoms. The zero-order valence-electron chi connectivity index (χ0n) is 24.9. The highest BCUT2D eigenvalue weighted by Gasteiger charge is 2.57. The van der Waals surface area contributed by atoms with E-state index in [4.69, 9.17) is 9.47 Å². The molecule has 246 valence electrons. The predicted molar refractivity (Wildman–Crippen MR) is 151 cm³/mol. The molecule has 0 aromatic heterocycles. The van der Waals surface area contributed by atoms with Crippen molar-refractivity contribution in [2.45, 2.75) is 38.0 Å². The van der Waals surface area contributed by atoms with Crippen LogP contribution in [0.2, 0.25) is 0 Å². The van der Waals surface area contributed by atoms with Gasteiger partial charge in [0.25, 0.3) is 0 Å². The number of phenols is 1. The van der Waals surface area contributed by atoms with Gasteiger partial charge in [0.1, 0.15) is 17.2 Å². The second-order valence-electron chi connectivity index (χ2n) is 11.8. The lowest BCUT2D eigenvalue weighted by molar-refractivity contribution is -0.143.